The van der Waals surface area contributed by atoms with Crippen LogP contribution in [0.4, 0.5) is 11.6 Å². The Morgan fingerprint density at radius 3 is 2.67 bits per heavy atom. The van der Waals surface area contributed by atoms with Crippen molar-refractivity contribution in [1.29, 1.82) is 0 Å². The normalized spacial score (nSPS) is 11.8. The summed E-state index contributed by atoms with van der Waals surface area (Å²) in [5.74, 6) is 0.321. The van der Waals surface area contributed by atoms with E-state index in [4.69, 9.17) is 0 Å². The molecule has 184 valence electrons. The van der Waals surface area contributed by atoms with Gasteiger partial charge in [0.05, 0.1) is 28.7 Å². The maximum absolute atomic E-state index is 12.7. The molecule has 0 spiro atoms. The highest BCUT2D eigenvalue weighted by Gasteiger charge is 2.19. The number of likely N-dealkylation sites (N-methyl/N-ethyl adjacent to an activating group) is 1. The molecule has 3 aromatic heterocycles. The Hall–Kier alpha value is -4.25. The molecule has 0 saturated carbocycles. The monoisotopic (exact) mass is 503 g/mol. The molecule has 1 amide bonds. The predicted molar refractivity (Wildman–Crippen MR) is 140 cm³/mol. The van der Waals surface area contributed by atoms with Crippen molar-refractivity contribution >= 4 is 49.4 Å². The number of amides is 1. The number of anilines is 2. The number of benzene rings is 2. The first-order chi connectivity index (χ1) is 17.3. The third-order valence-corrected chi connectivity index (χ3v) is 7.59. The Morgan fingerprint density at radius 1 is 1.08 bits per heavy atom. The quantitative estimate of drug-likeness (QED) is 0.362. The van der Waals surface area contributed by atoms with E-state index in [0.717, 1.165) is 22.0 Å². The fourth-order valence-corrected chi connectivity index (χ4v) is 4.98. The van der Waals surface area contributed by atoms with Crippen LogP contribution in [0.3, 0.4) is 0 Å². The zero-order chi connectivity index (χ0) is 25.4. The predicted octanol–water partition coefficient (Wildman–Crippen LogP) is 3.48. The molecule has 5 rings (SSSR count). The van der Waals surface area contributed by atoms with E-state index in [1.807, 2.05) is 36.4 Å². The van der Waals surface area contributed by atoms with Crippen molar-refractivity contribution < 1.29 is 13.2 Å². The molecule has 5 aromatic rings. The second-order valence-corrected chi connectivity index (χ2v) is 10.6. The van der Waals surface area contributed by atoms with Crippen LogP contribution >= 0.6 is 0 Å². The van der Waals surface area contributed by atoms with E-state index in [1.165, 1.54) is 8.87 Å². The highest BCUT2D eigenvalue weighted by Crippen LogP contribution is 2.31. The number of para-hydroxylation sites is 1. The Balaban J connectivity index is 1.47. The second kappa shape index (κ2) is 9.08. The summed E-state index contributed by atoms with van der Waals surface area (Å²) in [4.78, 5) is 22.6. The number of aromatic nitrogens is 5. The first-order valence-electron chi connectivity index (χ1n) is 11.4. The average molecular weight is 504 g/mol. The van der Waals surface area contributed by atoms with Gasteiger partial charge in [0.2, 0.25) is 21.9 Å². The summed E-state index contributed by atoms with van der Waals surface area (Å²) < 4.78 is 28.3. The van der Waals surface area contributed by atoms with Crippen molar-refractivity contribution in [2.45, 2.75) is 13.5 Å². The fourth-order valence-electron chi connectivity index (χ4n) is 3.98. The lowest BCUT2D eigenvalue weighted by molar-refractivity contribution is -0.129. The topological polar surface area (TPSA) is 115 Å². The van der Waals surface area contributed by atoms with Gasteiger partial charge in [0.25, 0.3) is 0 Å². The summed E-state index contributed by atoms with van der Waals surface area (Å²) >= 11 is 0. The molecule has 0 unspecified atom stereocenters. The third-order valence-electron chi connectivity index (χ3n) is 5.96. The molecule has 0 fully saturated rings. The Bertz CT molecular complexity index is 1700. The second-order valence-electron chi connectivity index (χ2n) is 8.51. The van der Waals surface area contributed by atoms with Crippen LogP contribution in [0, 0.1) is 0 Å². The Kier molecular flexibility index (Phi) is 5.92. The van der Waals surface area contributed by atoms with Gasteiger partial charge in [0.1, 0.15) is 6.54 Å². The van der Waals surface area contributed by atoms with Crippen LogP contribution in [-0.4, -0.2) is 62.8 Å². The summed E-state index contributed by atoms with van der Waals surface area (Å²) in [6, 6.07) is 14.8. The number of rotatable bonds is 7. The van der Waals surface area contributed by atoms with Gasteiger partial charge in [-0.3, -0.25) is 9.48 Å². The lowest BCUT2D eigenvalue weighted by Gasteiger charge is -2.11. The molecule has 10 nitrogen and oxygen atoms in total. The van der Waals surface area contributed by atoms with Gasteiger partial charge in [-0.1, -0.05) is 18.2 Å². The number of hydrogen-bond donors (Lipinski definition) is 1. The first-order valence-corrected chi connectivity index (χ1v) is 13.0. The molecule has 0 atom stereocenters. The summed E-state index contributed by atoms with van der Waals surface area (Å²) in [5, 5.41) is 9.21. The van der Waals surface area contributed by atoms with Crippen LogP contribution in [-0.2, 0) is 21.4 Å². The van der Waals surface area contributed by atoms with Gasteiger partial charge >= 0.3 is 0 Å². The summed E-state index contributed by atoms with van der Waals surface area (Å²) in [5.41, 5.74) is 3.52. The molecule has 3 heterocycles. The Morgan fingerprint density at radius 2 is 1.89 bits per heavy atom. The zero-order valence-corrected chi connectivity index (χ0v) is 20.9. The molecule has 0 aliphatic heterocycles. The maximum Gasteiger partial charge on any atom is 0.243 e. The van der Waals surface area contributed by atoms with E-state index in [2.05, 4.69) is 20.4 Å². The van der Waals surface area contributed by atoms with Crippen molar-refractivity contribution in [3.05, 3.63) is 67.1 Å². The molecule has 0 radical (unpaired) electrons. The number of hydrogen-bond acceptors (Lipinski definition) is 7. The standard InChI is InChI=1S/C25H25N7O3S/c1-4-36(34,35)32-15-20(19-7-5-6-8-23(19)32)21-11-12-26-25(29-21)28-18-9-10-22-17(13-18)14-27-31(22)16-24(33)30(2)3/h5-15H,4,16H2,1-3H3,(H,26,28,29). The van der Waals surface area contributed by atoms with Crippen LogP contribution in [0.15, 0.2) is 67.1 Å². The molecule has 11 heteroatoms. The molecule has 1 N–H and O–H groups in total. The largest absolute Gasteiger partial charge is 0.347 e. The van der Waals surface area contributed by atoms with Crippen LogP contribution in [0.5, 0.6) is 0 Å². The zero-order valence-electron chi connectivity index (χ0n) is 20.1. The van der Waals surface area contributed by atoms with Gasteiger partial charge in [-0.15, -0.1) is 0 Å². The minimum Gasteiger partial charge on any atom is -0.347 e. The van der Waals surface area contributed by atoms with Crippen LogP contribution in [0.1, 0.15) is 6.92 Å². The van der Waals surface area contributed by atoms with Crippen molar-refractivity contribution in [2.75, 3.05) is 25.2 Å². The smallest absolute Gasteiger partial charge is 0.243 e. The lowest BCUT2D eigenvalue weighted by atomic mass is 10.1. The Labute approximate surface area is 208 Å². The lowest BCUT2D eigenvalue weighted by Crippen LogP contribution is -2.26. The molecular formula is C25H25N7O3S. The maximum atomic E-state index is 12.7. The average Bonchev–Trinajstić information content (AvgIpc) is 3.46. The highest BCUT2D eigenvalue weighted by atomic mass is 32.2. The minimum absolute atomic E-state index is 0.00986. The number of carbonyl (C=O) groups excluding carboxylic acids is 1. The SMILES string of the molecule is CCS(=O)(=O)n1cc(-c2ccnc(Nc3ccc4c(cnn4CC(=O)N(C)C)c3)n2)c2ccccc21. The van der Waals surface area contributed by atoms with E-state index >= 15 is 0 Å². The van der Waals surface area contributed by atoms with E-state index < -0.39 is 10.0 Å². The number of fused-ring (bicyclic) bond motifs is 2. The van der Waals surface area contributed by atoms with Gasteiger partial charge in [0.15, 0.2) is 0 Å². The van der Waals surface area contributed by atoms with Gasteiger partial charge in [0, 0.05) is 48.5 Å². The van der Waals surface area contributed by atoms with E-state index in [-0.39, 0.29) is 18.2 Å². The van der Waals surface area contributed by atoms with Crippen molar-refractivity contribution in [1.82, 2.24) is 28.6 Å². The van der Waals surface area contributed by atoms with Crippen LogP contribution in [0.2, 0.25) is 0 Å². The fraction of sp³-hybridized carbons (Fsp3) is 0.200. The summed E-state index contributed by atoms with van der Waals surface area (Å²) in [6.45, 7) is 1.78. The molecular weight excluding hydrogens is 478 g/mol. The van der Waals surface area contributed by atoms with Crippen molar-refractivity contribution in [3.8, 4) is 11.3 Å². The number of nitrogens with zero attached hydrogens (tertiary/aromatic N) is 6. The number of nitrogens with one attached hydrogen (secondary N) is 1. The third kappa shape index (κ3) is 4.29. The van der Waals surface area contributed by atoms with Crippen LogP contribution < -0.4 is 5.32 Å². The number of carbonyl (C=O) groups is 1. The van der Waals surface area contributed by atoms with Crippen molar-refractivity contribution in [2.24, 2.45) is 0 Å². The van der Waals surface area contributed by atoms with Crippen LogP contribution in [0.25, 0.3) is 33.1 Å². The van der Waals surface area contributed by atoms with Gasteiger partial charge in [-0.2, -0.15) is 5.10 Å². The van der Waals surface area contributed by atoms with Crippen molar-refractivity contribution in [3.63, 3.8) is 0 Å². The molecule has 36 heavy (non-hydrogen) atoms. The molecule has 0 bridgehead atoms. The van der Waals surface area contributed by atoms with E-state index in [1.54, 1.807) is 56.4 Å². The first kappa shape index (κ1) is 23.5. The summed E-state index contributed by atoms with van der Waals surface area (Å²) in [6.07, 6.45) is 4.96. The van der Waals surface area contributed by atoms with E-state index in [0.29, 0.717) is 22.7 Å². The molecule has 0 aliphatic rings. The van der Waals surface area contributed by atoms with Gasteiger partial charge < -0.3 is 10.2 Å². The molecule has 0 aliphatic carbocycles. The molecule has 0 saturated heterocycles. The van der Waals surface area contributed by atoms with Gasteiger partial charge in [-0.25, -0.2) is 22.4 Å². The highest BCUT2D eigenvalue weighted by molar-refractivity contribution is 7.90. The molecule has 2 aromatic carbocycles. The minimum atomic E-state index is -3.48. The summed E-state index contributed by atoms with van der Waals surface area (Å²) in [7, 11) is -0.0501. The van der Waals surface area contributed by atoms with E-state index in [9.17, 15) is 13.2 Å². The van der Waals surface area contributed by atoms with Gasteiger partial charge in [-0.05, 0) is 37.3 Å².